The number of nitrogens with one attached hydrogen (secondary N) is 1. The third kappa shape index (κ3) is 4.56. The molecule has 1 aliphatic rings. The highest BCUT2D eigenvalue weighted by Gasteiger charge is 2.45. The Hall–Kier alpha value is -3.21. The Labute approximate surface area is 198 Å². The second kappa shape index (κ2) is 9.21. The number of carbonyl (C=O) groups is 3. The first-order valence-electron chi connectivity index (χ1n) is 11.1. The fourth-order valence-electron chi connectivity index (χ4n) is 4.19. The fourth-order valence-corrected chi connectivity index (χ4v) is 5.97. The van der Waals surface area contributed by atoms with Crippen LogP contribution in [0.5, 0.6) is 0 Å². The van der Waals surface area contributed by atoms with E-state index in [0.29, 0.717) is 29.9 Å². The number of anilines is 1. The number of rotatable bonds is 8. The van der Waals surface area contributed by atoms with Crippen molar-refractivity contribution in [3.63, 3.8) is 0 Å². The van der Waals surface area contributed by atoms with E-state index in [0.717, 1.165) is 4.90 Å². The quantitative estimate of drug-likeness (QED) is 0.543. The smallest absolute Gasteiger partial charge is 0.404 e. The summed E-state index contributed by atoms with van der Waals surface area (Å²) in [4.78, 5) is 37.1. The van der Waals surface area contributed by atoms with Crippen molar-refractivity contribution in [2.45, 2.75) is 76.3 Å². The molecule has 2 N–H and O–H groups in total. The first-order chi connectivity index (χ1) is 15.8. The summed E-state index contributed by atoms with van der Waals surface area (Å²) < 4.78 is 28.8. The number of sulfone groups is 1. The average Bonchev–Trinajstić information content (AvgIpc) is 3.20. The Balaban J connectivity index is 1.99. The summed E-state index contributed by atoms with van der Waals surface area (Å²) in [6.07, 6.45) is -0.315. The van der Waals surface area contributed by atoms with Crippen molar-refractivity contribution < 1.29 is 27.9 Å². The van der Waals surface area contributed by atoms with Gasteiger partial charge in [0, 0.05) is 12.5 Å². The zero-order valence-electron chi connectivity index (χ0n) is 20.0. The van der Waals surface area contributed by atoms with Gasteiger partial charge in [-0.3, -0.25) is 19.2 Å². The largest absolute Gasteiger partial charge is 0.465 e. The van der Waals surface area contributed by atoms with Gasteiger partial charge in [0.15, 0.2) is 0 Å². The summed E-state index contributed by atoms with van der Waals surface area (Å²) in [5.41, 5.74) is 0.423. The van der Waals surface area contributed by atoms with E-state index in [9.17, 15) is 22.8 Å². The van der Waals surface area contributed by atoms with Gasteiger partial charge < -0.3 is 10.4 Å². The summed E-state index contributed by atoms with van der Waals surface area (Å²) in [5, 5.41) is 15.8. The van der Waals surface area contributed by atoms with Crippen molar-refractivity contribution in [1.29, 1.82) is 0 Å². The Morgan fingerprint density at radius 3 is 2.26 bits per heavy atom. The summed E-state index contributed by atoms with van der Waals surface area (Å²) in [5.74, 6) is -0.641. The van der Waals surface area contributed by atoms with Gasteiger partial charge in [-0.05, 0) is 44.0 Å². The van der Waals surface area contributed by atoms with Gasteiger partial charge in [-0.25, -0.2) is 13.2 Å². The van der Waals surface area contributed by atoms with Crippen LogP contribution in [-0.4, -0.2) is 47.3 Å². The monoisotopic (exact) mass is 490 g/mol. The standard InChI is InChI=1S/C23H30N4O6S/c1-6-17-20(18(7-2)26(25-17)13-14(3)24-22(30)31)34(32,33)16-10-8-15(9-11-16)27-19(28)12-23(4,5)21(27)29/h8-11,14,24H,6-7,12-13H2,1-5H3,(H,30,31)/t14-/m0/s1. The molecule has 1 aromatic carbocycles. The van der Waals surface area contributed by atoms with Gasteiger partial charge in [-0.15, -0.1) is 0 Å². The number of hydrogen-bond acceptors (Lipinski definition) is 6. The van der Waals surface area contributed by atoms with Crippen molar-refractivity contribution in [3.8, 4) is 0 Å². The minimum Gasteiger partial charge on any atom is -0.465 e. The van der Waals surface area contributed by atoms with Crippen molar-refractivity contribution in [3.05, 3.63) is 35.7 Å². The molecule has 1 aliphatic heterocycles. The van der Waals surface area contributed by atoms with E-state index < -0.39 is 27.4 Å². The Kier molecular flexibility index (Phi) is 6.88. The van der Waals surface area contributed by atoms with Gasteiger partial charge in [-0.2, -0.15) is 5.10 Å². The highest BCUT2D eigenvalue weighted by molar-refractivity contribution is 7.91. The van der Waals surface area contributed by atoms with Crippen molar-refractivity contribution in [2.75, 3.05) is 4.90 Å². The normalized spacial score (nSPS) is 16.7. The topological polar surface area (TPSA) is 139 Å². The highest BCUT2D eigenvalue weighted by Crippen LogP contribution is 2.36. The van der Waals surface area contributed by atoms with E-state index in [1.54, 1.807) is 32.4 Å². The molecule has 11 heteroatoms. The van der Waals surface area contributed by atoms with Gasteiger partial charge in [0.2, 0.25) is 21.7 Å². The van der Waals surface area contributed by atoms with Crippen LogP contribution in [0.25, 0.3) is 0 Å². The molecule has 2 heterocycles. The molecule has 0 bridgehead atoms. The molecule has 2 aromatic rings. The number of benzene rings is 1. The van der Waals surface area contributed by atoms with Crippen LogP contribution in [-0.2, 0) is 38.8 Å². The summed E-state index contributed by atoms with van der Waals surface area (Å²) in [7, 11) is -3.96. The van der Waals surface area contributed by atoms with E-state index >= 15 is 0 Å². The van der Waals surface area contributed by atoms with Crippen molar-refractivity contribution in [1.82, 2.24) is 15.1 Å². The van der Waals surface area contributed by atoms with E-state index in [-0.39, 0.29) is 34.6 Å². The van der Waals surface area contributed by atoms with Gasteiger partial charge in [-0.1, -0.05) is 27.7 Å². The molecule has 0 saturated carbocycles. The number of aromatic nitrogens is 2. The molecule has 10 nitrogen and oxygen atoms in total. The van der Waals surface area contributed by atoms with Crippen LogP contribution in [0.1, 0.15) is 52.4 Å². The van der Waals surface area contributed by atoms with Gasteiger partial charge in [0.05, 0.1) is 33.9 Å². The first-order valence-corrected chi connectivity index (χ1v) is 12.6. The predicted octanol–water partition coefficient (Wildman–Crippen LogP) is 2.79. The average molecular weight is 491 g/mol. The Morgan fingerprint density at radius 1 is 1.18 bits per heavy atom. The third-order valence-electron chi connectivity index (χ3n) is 5.86. The molecule has 0 spiro atoms. The molecule has 1 saturated heterocycles. The maximum Gasteiger partial charge on any atom is 0.404 e. The number of aryl methyl sites for hydroxylation is 1. The van der Waals surface area contributed by atoms with E-state index in [1.165, 1.54) is 24.3 Å². The summed E-state index contributed by atoms with van der Waals surface area (Å²) in [6.45, 7) is 8.89. The minimum absolute atomic E-state index is 0.0234. The molecule has 1 atom stereocenters. The summed E-state index contributed by atoms with van der Waals surface area (Å²) in [6, 6.07) is 5.24. The third-order valence-corrected chi connectivity index (χ3v) is 7.76. The van der Waals surface area contributed by atoms with E-state index in [2.05, 4.69) is 10.4 Å². The molecule has 3 amide bonds. The molecule has 34 heavy (non-hydrogen) atoms. The molecule has 0 unspecified atom stereocenters. The lowest BCUT2D eigenvalue weighted by atomic mass is 9.92. The molecule has 1 fully saturated rings. The number of imide groups is 1. The number of amides is 3. The molecule has 0 radical (unpaired) electrons. The van der Waals surface area contributed by atoms with Gasteiger partial charge in [0.1, 0.15) is 4.90 Å². The number of hydrogen-bond donors (Lipinski definition) is 2. The number of carbonyl (C=O) groups excluding carboxylic acids is 2. The molecule has 1 aromatic heterocycles. The lowest BCUT2D eigenvalue weighted by molar-refractivity contribution is -0.124. The second-order valence-electron chi connectivity index (χ2n) is 9.05. The van der Waals surface area contributed by atoms with Crippen LogP contribution in [0.2, 0.25) is 0 Å². The van der Waals surface area contributed by atoms with Crippen molar-refractivity contribution >= 4 is 33.4 Å². The summed E-state index contributed by atoms with van der Waals surface area (Å²) >= 11 is 0. The molecular weight excluding hydrogens is 460 g/mol. The molecule has 0 aliphatic carbocycles. The van der Waals surface area contributed by atoms with E-state index in [1.807, 2.05) is 6.92 Å². The van der Waals surface area contributed by atoms with E-state index in [4.69, 9.17) is 5.11 Å². The minimum atomic E-state index is -3.96. The number of carboxylic acid groups (broad SMARTS) is 1. The predicted molar refractivity (Wildman–Crippen MR) is 124 cm³/mol. The molecule has 3 rings (SSSR count). The fraction of sp³-hybridized carbons (Fsp3) is 0.478. The Bertz CT molecular complexity index is 1230. The van der Waals surface area contributed by atoms with Gasteiger partial charge in [0.25, 0.3) is 0 Å². The lowest BCUT2D eigenvalue weighted by Crippen LogP contribution is -2.35. The van der Waals surface area contributed by atoms with Crippen LogP contribution < -0.4 is 10.2 Å². The SMILES string of the molecule is CCc1nn(C[C@H](C)NC(=O)O)c(CC)c1S(=O)(=O)c1ccc(N2C(=O)CC(C)(C)C2=O)cc1. The van der Waals surface area contributed by atoms with Gasteiger partial charge >= 0.3 is 6.09 Å². The van der Waals surface area contributed by atoms with Crippen molar-refractivity contribution in [2.24, 2.45) is 5.41 Å². The lowest BCUT2D eigenvalue weighted by Gasteiger charge is -2.18. The van der Waals surface area contributed by atoms with Crippen LogP contribution >= 0.6 is 0 Å². The zero-order chi connectivity index (χ0) is 25.4. The molecule has 184 valence electrons. The maximum atomic E-state index is 13.6. The number of nitrogens with zero attached hydrogens (tertiary/aromatic N) is 3. The van der Waals surface area contributed by atoms with Crippen LogP contribution in [0.4, 0.5) is 10.5 Å². The Morgan fingerprint density at radius 2 is 1.79 bits per heavy atom. The first kappa shape index (κ1) is 25.4. The molecular formula is C23H30N4O6S. The maximum absolute atomic E-state index is 13.6. The van der Waals surface area contributed by atoms with Crippen LogP contribution in [0, 0.1) is 5.41 Å². The zero-order valence-corrected chi connectivity index (χ0v) is 20.8. The highest BCUT2D eigenvalue weighted by atomic mass is 32.2. The van der Waals surface area contributed by atoms with Crippen LogP contribution in [0.3, 0.4) is 0 Å². The second-order valence-corrected chi connectivity index (χ2v) is 10.9. The van der Waals surface area contributed by atoms with Crippen LogP contribution in [0.15, 0.2) is 34.1 Å².